The molecular weight excluding hydrogens is 649 g/mol. The quantitative estimate of drug-likeness (QED) is 0.162. The maximum Gasteiger partial charge on any atom is -0.00199 e. The molecular formula is C54H34. The van der Waals surface area contributed by atoms with Gasteiger partial charge in [0.15, 0.2) is 0 Å². The molecule has 11 aromatic rings. The Labute approximate surface area is 314 Å². The van der Waals surface area contributed by atoms with Crippen LogP contribution in [0.15, 0.2) is 206 Å². The van der Waals surface area contributed by atoms with Gasteiger partial charge in [0.05, 0.1) is 0 Å². The van der Waals surface area contributed by atoms with Gasteiger partial charge in [-0.15, -0.1) is 0 Å². The fourth-order valence-electron chi connectivity index (χ4n) is 8.69. The topological polar surface area (TPSA) is 0 Å². The monoisotopic (exact) mass is 682 g/mol. The van der Waals surface area contributed by atoms with E-state index in [1.54, 1.807) is 0 Å². The van der Waals surface area contributed by atoms with Crippen molar-refractivity contribution in [3.8, 4) is 44.5 Å². The van der Waals surface area contributed by atoms with Crippen LogP contribution in [0, 0.1) is 0 Å². The first-order chi connectivity index (χ1) is 26.7. The third-order valence-electron chi connectivity index (χ3n) is 11.4. The van der Waals surface area contributed by atoms with Crippen LogP contribution in [0.1, 0.15) is 0 Å². The molecule has 0 amide bonds. The van der Waals surface area contributed by atoms with Crippen molar-refractivity contribution in [3.05, 3.63) is 206 Å². The summed E-state index contributed by atoms with van der Waals surface area (Å²) in [4.78, 5) is 0. The Kier molecular flexibility index (Phi) is 6.97. The van der Waals surface area contributed by atoms with Crippen LogP contribution in [-0.4, -0.2) is 0 Å². The van der Waals surface area contributed by atoms with Gasteiger partial charge in [-0.3, -0.25) is 0 Å². The van der Waals surface area contributed by atoms with Crippen molar-refractivity contribution < 1.29 is 0 Å². The molecule has 0 N–H and O–H groups in total. The minimum Gasteiger partial charge on any atom is -0.0616 e. The van der Waals surface area contributed by atoms with Gasteiger partial charge in [-0.2, -0.15) is 0 Å². The van der Waals surface area contributed by atoms with Gasteiger partial charge in [0.25, 0.3) is 0 Å². The summed E-state index contributed by atoms with van der Waals surface area (Å²) in [6.07, 6.45) is 0. The largest absolute Gasteiger partial charge is 0.0616 e. The highest BCUT2D eigenvalue weighted by Gasteiger charge is 2.16. The normalized spacial score (nSPS) is 11.7. The van der Waals surface area contributed by atoms with E-state index >= 15 is 0 Å². The maximum absolute atomic E-state index is 2.44. The zero-order valence-electron chi connectivity index (χ0n) is 29.6. The molecule has 0 aliphatic heterocycles. The van der Waals surface area contributed by atoms with Crippen molar-refractivity contribution in [3.63, 3.8) is 0 Å². The molecule has 11 rings (SSSR count). The van der Waals surface area contributed by atoms with Crippen LogP contribution in [-0.2, 0) is 0 Å². The van der Waals surface area contributed by atoms with Gasteiger partial charge >= 0.3 is 0 Å². The molecule has 0 nitrogen and oxygen atoms in total. The predicted octanol–water partition coefficient (Wildman–Crippen LogP) is 15.3. The first-order valence-electron chi connectivity index (χ1n) is 18.7. The minimum atomic E-state index is 1.22. The number of hydrogen-bond acceptors (Lipinski definition) is 0. The zero-order valence-corrected chi connectivity index (χ0v) is 29.6. The van der Waals surface area contributed by atoms with Crippen molar-refractivity contribution in [2.75, 3.05) is 0 Å². The summed E-state index contributed by atoms with van der Waals surface area (Å²) in [7, 11) is 0. The fourth-order valence-corrected chi connectivity index (χ4v) is 8.69. The van der Waals surface area contributed by atoms with Crippen LogP contribution in [0.2, 0.25) is 0 Å². The average Bonchev–Trinajstić information content (AvgIpc) is 3.25. The van der Waals surface area contributed by atoms with Gasteiger partial charge in [0.2, 0.25) is 0 Å². The number of fused-ring (bicyclic) bond motifs is 10. The van der Waals surface area contributed by atoms with Crippen molar-refractivity contribution in [1.82, 2.24) is 0 Å². The Morgan fingerprint density at radius 3 is 1.30 bits per heavy atom. The third-order valence-corrected chi connectivity index (χ3v) is 11.4. The lowest BCUT2D eigenvalue weighted by Crippen LogP contribution is -1.90. The molecule has 0 unspecified atom stereocenters. The van der Waals surface area contributed by atoms with E-state index < -0.39 is 0 Å². The van der Waals surface area contributed by atoms with E-state index in [-0.39, 0.29) is 0 Å². The zero-order chi connectivity index (χ0) is 35.6. The van der Waals surface area contributed by atoms with E-state index in [0.717, 1.165) is 0 Å². The lowest BCUT2D eigenvalue weighted by molar-refractivity contribution is 1.62. The van der Waals surface area contributed by atoms with Gasteiger partial charge in [0, 0.05) is 0 Å². The SMILES string of the molecule is c1cc(-c2ccc3ccccc3c2)cc(-c2ccc3c(c2)c2ccccc2c2cc(-c4ccc(-c5ccc6ccccc6c5)cc4)c4ccccc4c32)c1. The van der Waals surface area contributed by atoms with E-state index in [2.05, 4.69) is 206 Å². The van der Waals surface area contributed by atoms with Crippen LogP contribution in [0.25, 0.3) is 109 Å². The number of rotatable bonds is 4. The second-order valence-electron chi connectivity index (χ2n) is 14.5. The highest BCUT2D eigenvalue weighted by molar-refractivity contribution is 6.33. The first-order valence-corrected chi connectivity index (χ1v) is 18.7. The fraction of sp³-hybridized carbons (Fsp3) is 0. The molecule has 0 radical (unpaired) electrons. The standard InChI is InChI=1S/C54H34/c1-3-12-39-30-43(26-22-35(39)10-1)37-20-24-38(25-21-37)51-34-53-47-17-6-5-16-46(47)52-33-45(28-29-50(52)54(53)49-19-8-7-18-48(49)51)42-15-9-14-41(32-42)44-27-23-36-11-2-4-13-40(36)31-44/h1-34H. The molecule has 0 heterocycles. The van der Waals surface area contributed by atoms with Crippen molar-refractivity contribution >= 4 is 64.6 Å². The van der Waals surface area contributed by atoms with Crippen molar-refractivity contribution in [2.45, 2.75) is 0 Å². The molecule has 0 fully saturated rings. The van der Waals surface area contributed by atoms with E-state index in [9.17, 15) is 0 Å². The summed E-state index contributed by atoms with van der Waals surface area (Å²) in [6.45, 7) is 0. The van der Waals surface area contributed by atoms with Crippen LogP contribution in [0.4, 0.5) is 0 Å². The Hall–Kier alpha value is -7.02. The molecule has 0 heteroatoms. The second-order valence-corrected chi connectivity index (χ2v) is 14.5. The highest BCUT2D eigenvalue weighted by atomic mass is 14.2. The van der Waals surface area contributed by atoms with E-state index in [1.807, 2.05) is 0 Å². The van der Waals surface area contributed by atoms with Gasteiger partial charge in [-0.05, 0) is 139 Å². The molecule has 0 saturated carbocycles. The smallest absolute Gasteiger partial charge is 0.00199 e. The molecule has 0 aliphatic rings. The van der Waals surface area contributed by atoms with E-state index in [1.165, 1.54) is 109 Å². The summed E-state index contributed by atoms with van der Waals surface area (Å²) in [5, 5.41) is 15.3. The maximum atomic E-state index is 2.44. The van der Waals surface area contributed by atoms with Crippen LogP contribution < -0.4 is 0 Å². The Bertz CT molecular complexity index is 3260. The van der Waals surface area contributed by atoms with Crippen LogP contribution >= 0.6 is 0 Å². The minimum absolute atomic E-state index is 1.22. The Balaban J connectivity index is 1.06. The average molecular weight is 683 g/mol. The molecule has 11 aromatic carbocycles. The lowest BCUT2D eigenvalue weighted by atomic mass is 9.86. The molecule has 0 saturated heterocycles. The molecule has 0 spiro atoms. The highest BCUT2D eigenvalue weighted by Crippen LogP contribution is 2.44. The van der Waals surface area contributed by atoms with Crippen molar-refractivity contribution in [2.24, 2.45) is 0 Å². The summed E-state index contributed by atoms with van der Waals surface area (Å²) < 4.78 is 0. The van der Waals surface area contributed by atoms with E-state index in [4.69, 9.17) is 0 Å². The summed E-state index contributed by atoms with van der Waals surface area (Å²) in [5.41, 5.74) is 9.86. The van der Waals surface area contributed by atoms with Gasteiger partial charge < -0.3 is 0 Å². The van der Waals surface area contributed by atoms with E-state index in [0.29, 0.717) is 0 Å². The molecule has 0 bridgehead atoms. The van der Waals surface area contributed by atoms with Crippen molar-refractivity contribution in [1.29, 1.82) is 0 Å². The van der Waals surface area contributed by atoms with Gasteiger partial charge in [0.1, 0.15) is 0 Å². The Morgan fingerprint density at radius 2 is 0.630 bits per heavy atom. The number of benzene rings is 11. The second kappa shape index (κ2) is 12.3. The van der Waals surface area contributed by atoms with Gasteiger partial charge in [-0.25, -0.2) is 0 Å². The predicted molar refractivity (Wildman–Crippen MR) is 233 cm³/mol. The van der Waals surface area contributed by atoms with Crippen LogP contribution in [0.3, 0.4) is 0 Å². The third kappa shape index (κ3) is 4.99. The Morgan fingerprint density at radius 1 is 0.185 bits per heavy atom. The summed E-state index contributed by atoms with van der Waals surface area (Å²) >= 11 is 0. The van der Waals surface area contributed by atoms with Crippen LogP contribution in [0.5, 0.6) is 0 Å². The summed E-state index contributed by atoms with van der Waals surface area (Å²) in [6, 6.07) is 76.1. The number of hydrogen-bond donors (Lipinski definition) is 0. The lowest BCUT2D eigenvalue weighted by Gasteiger charge is -2.17. The molecule has 54 heavy (non-hydrogen) atoms. The molecule has 0 aliphatic carbocycles. The summed E-state index contributed by atoms with van der Waals surface area (Å²) in [5.74, 6) is 0. The molecule has 0 atom stereocenters. The molecule has 250 valence electrons. The van der Waals surface area contributed by atoms with Gasteiger partial charge in [-0.1, -0.05) is 176 Å². The first kappa shape index (κ1) is 30.6. The molecule has 0 aromatic heterocycles.